The lowest BCUT2D eigenvalue weighted by Gasteiger charge is -2.13. The second kappa shape index (κ2) is 5.37. The van der Waals surface area contributed by atoms with Crippen molar-refractivity contribution in [2.45, 2.75) is 0 Å². The van der Waals surface area contributed by atoms with Crippen LogP contribution in [-0.2, 0) is 0 Å². The second-order valence-corrected chi connectivity index (χ2v) is 3.44. The first-order chi connectivity index (χ1) is 7.56. The van der Waals surface area contributed by atoms with Crippen molar-refractivity contribution in [3.05, 3.63) is 23.8 Å². The summed E-state index contributed by atoms with van der Waals surface area (Å²) in [4.78, 5) is 11.7. The number of amides is 1. The molecule has 0 heterocycles. The van der Waals surface area contributed by atoms with Gasteiger partial charge >= 0.3 is 0 Å². The van der Waals surface area contributed by atoms with Gasteiger partial charge in [0, 0.05) is 25.7 Å². The lowest BCUT2D eigenvalue weighted by Crippen LogP contribution is -2.36. The summed E-state index contributed by atoms with van der Waals surface area (Å²) in [6.45, 7) is 0. The third kappa shape index (κ3) is 3.13. The van der Waals surface area contributed by atoms with Crippen molar-refractivity contribution < 1.29 is 14.3 Å². The third-order valence-electron chi connectivity index (χ3n) is 1.94. The molecular weight excluding hydrogens is 208 g/mol. The quantitative estimate of drug-likeness (QED) is 0.772. The molecule has 0 fully saturated rings. The van der Waals surface area contributed by atoms with Crippen molar-refractivity contribution in [1.82, 2.24) is 10.4 Å². The first-order valence-corrected chi connectivity index (χ1v) is 4.78. The van der Waals surface area contributed by atoms with Crippen LogP contribution in [0.4, 0.5) is 0 Å². The monoisotopic (exact) mass is 224 g/mol. The number of ether oxygens (including phenoxy) is 2. The predicted molar refractivity (Wildman–Crippen MR) is 60.7 cm³/mol. The van der Waals surface area contributed by atoms with Crippen LogP contribution in [0, 0.1) is 0 Å². The van der Waals surface area contributed by atoms with E-state index in [1.165, 1.54) is 0 Å². The van der Waals surface area contributed by atoms with Crippen LogP contribution in [0.25, 0.3) is 0 Å². The van der Waals surface area contributed by atoms with E-state index in [1.54, 1.807) is 51.5 Å². The first-order valence-electron chi connectivity index (χ1n) is 4.78. The molecule has 0 atom stereocenters. The van der Waals surface area contributed by atoms with Crippen LogP contribution in [0.3, 0.4) is 0 Å². The summed E-state index contributed by atoms with van der Waals surface area (Å²) in [6, 6.07) is 5.02. The van der Waals surface area contributed by atoms with Gasteiger partial charge < -0.3 is 9.47 Å². The van der Waals surface area contributed by atoms with Gasteiger partial charge in [-0.25, -0.2) is 5.01 Å². The summed E-state index contributed by atoms with van der Waals surface area (Å²) < 4.78 is 10.2. The minimum absolute atomic E-state index is 0.206. The summed E-state index contributed by atoms with van der Waals surface area (Å²) in [5.74, 6) is 0.966. The van der Waals surface area contributed by atoms with E-state index in [4.69, 9.17) is 9.47 Å². The number of nitrogens with zero attached hydrogens (tertiary/aromatic N) is 1. The fourth-order valence-electron chi connectivity index (χ4n) is 1.21. The van der Waals surface area contributed by atoms with Gasteiger partial charge in [-0.1, -0.05) is 0 Å². The lowest BCUT2D eigenvalue weighted by molar-refractivity contribution is 0.0856. The lowest BCUT2D eigenvalue weighted by atomic mass is 10.2. The molecule has 0 aliphatic heterocycles. The number of methoxy groups -OCH3 is 2. The molecule has 1 amide bonds. The van der Waals surface area contributed by atoms with Gasteiger partial charge in [0.15, 0.2) is 0 Å². The Morgan fingerprint density at radius 3 is 2.00 bits per heavy atom. The minimum atomic E-state index is -0.206. The van der Waals surface area contributed by atoms with Crippen LogP contribution in [0.1, 0.15) is 10.4 Å². The Bertz CT molecular complexity index is 355. The van der Waals surface area contributed by atoms with Gasteiger partial charge in [0.2, 0.25) is 0 Å². The molecule has 0 aliphatic rings. The van der Waals surface area contributed by atoms with Gasteiger partial charge in [0.1, 0.15) is 11.5 Å². The standard InChI is InChI=1S/C11H16N2O3/c1-13(2)12-11(14)8-5-9(15-3)7-10(6-8)16-4/h5-7H,1-4H3,(H,12,14). The maximum atomic E-state index is 11.7. The van der Waals surface area contributed by atoms with Gasteiger partial charge in [0.25, 0.3) is 5.91 Å². The fraction of sp³-hybridized carbons (Fsp3) is 0.364. The molecular formula is C11H16N2O3. The van der Waals surface area contributed by atoms with E-state index in [9.17, 15) is 4.79 Å². The highest BCUT2D eigenvalue weighted by molar-refractivity contribution is 5.94. The molecule has 88 valence electrons. The highest BCUT2D eigenvalue weighted by Crippen LogP contribution is 2.22. The smallest absolute Gasteiger partial charge is 0.265 e. The van der Waals surface area contributed by atoms with Crippen LogP contribution < -0.4 is 14.9 Å². The van der Waals surface area contributed by atoms with Crippen LogP contribution in [-0.4, -0.2) is 39.2 Å². The molecule has 5 nitrogen and oxygen atoms in total. The molecule has 5 heteroatoms. The highest BCUT2D eigenvalue weighted by Gasteiger charge is 2.09. The van der Waals surface area contributed by atoms with Crippen molar-refractivity contribution in [2.75, 3.05) is 28.3 Å². The van der Waals surface area contributed by atoms with E-state index in [-0.39, 0.29) is 5.91 Å². The van der Waals surface area contributed by atoms with Crippen molar-refractivity contribution in [2.24, 2.45) is 0 Å². The van der Waals surface area contributed by atoms with Crippen molar-refractivity contribution in [1.29, 1.82) is 0 Å². The van der Waals surface area contributed by atoms with E-state index in [1.807, 2.05) is 0 Å². The SMILES string of the molecule is COc1cc(OC)cc(C(=O)NN(C)C)c1. The average Bonchev–Trinajstić information content (AvgIpc) is 2.27. The van der Waals surface area contributed by atoms with Gasteiger partial charge in [-0.3, -0.25) is 10.2 Å². The van der Waals surface area contributed by atoms with Gasteiger partial charge in [0.05, 0.1) is 14.2 Å². The zero-order chi connectivity index (χ0) is 12.1. The summed E-state index contributed by atoms with van der Waals surface area (Å²) in [7, 11) is 6.58. The number of nitrogens with one attached hydrogen (secondary N) is 1. The number of carbonyl (C=O) groups excluding carboxylic acids is 1. The molecule has 0 bridgehead atoms. The molecule has 1 aromatic rings. The number of carbonyl (C=O) groups is 1. The van der Waals surface area contributed by atoms with Crippen LogP contribution >= 0.6 is 0 Å². The molecule has 0 radical (unpaired) electrons. The Hall–Kier alpha value is -1.75. The topological polar surface area (TPSA) is 50.8 Å². The van der Waals surface area contributed by atoms with Crippen LogP contribution in [0.5, 0.6) is 11.5 Å². The van der Waals surface area contributed by atoms with E-state index < -0.39 is 0 Å². The number of rotatable bonds is 4. The Labute approximate surface area is 94.9 Å². The average molecular weight is 224 g/mol. The molecule has 1 N–H and O–H groups in total. The largest absolute Gasteiger partial charge is 0.497 e. The van der Waals surface area contributed by atoms with Crippen molar-refractivity contribution in [3.63, 3.8) is 0 Å². The number of benzene rings is 1. The van der Waals surface area contributed by atoms with Crippen molar-refractivity contribution >= 4 is 5.91 Å². The van der Waals surface area contributed by atoms with Gasteiger partial charge in [-0.15, -0.1) is 0 Å². The van der Waals surface area contributed by atoms with Gasteiger partial charge in [-0.05, 0) is 12.1 Å². The second-order valence-electron chi connectivity index (χ2n) is 3.44. The fourth-order valence-corrected chi connectivity index (χ4v) is 1.21. The maximum absolute atomic E-state index is 11.7. The molecule has 0 saturated heterocycles. The molecule has 0 unspecified atom stereocenters. The first kappa shape index (κ1) is 12.3. The van der Waals surface area contributed by atoms with Crippen LogP contribution in [0.15, 0.2) is 18.2 Å². The molecule has 0 saturated carbocycles. The third-order valence-corrected chi connectivity index (χ3v) is 1.94. The Morgan fingerprint density at radius 2 is 1.62 bits per heavy atom. The highest BCUT2D eigenvalue weighted by atomic mass is 16.5. The zero-order valence-electron chi connectivity index (χ0n) is 9.90. The molecule has 0 aromatic heterocycles. The zero-order valence-corrected chi connectivity index (χ0v) is 9.90. The Morgan fingerprint density at radius 1 is 1.12 bits per heavy atom. The normalized spacial score (nSPS) is 10.1. The summed E-state index contributed by atoms with van der Waals surface area (Å²) in [5.41, 5.74) is 3.14. The molecule has 0 aliphatic carbocycles. The van der Waals surface area contributed by atoms with E-state index in [0.29, 0.717) is 17.1 Å². The molecule has 1 aromatic carbocycles. The van der Waals surface area contributed by atoms with E-state index >= 15 is 0 Å². The van der Waals surface area contributed by atoms with E-state index in [2.05, 4.69) is 5.43 Å². The summed E-state index contributed by atoms with van der Waals surface area (Å²) in [6.07, 6.45) is 0. The number of hydrogen-bond acceptors (Lipinski definition) is 4. The molecule has 16 heavy (non-hydrogen) atoms. The molecule has 0 spiro atoms. The van der Waals surface area contributed by atoms with E-state index in [0.717, 1.165) is 0 Å². The number of hydrogen-bond donors (Lipinski definition) is 1. The Balaban J connectivity index is 2.98. The minimum Gasteiger partial charge on any atom is -0.497 e. The molecule has 1 rings (SSSR count). The maximum Gasteiger partial charge on any atom is 0.265 e. The van der Waals surface area contributed by atoms with Crippen LogP contribution in [0.2, 0.25) is 0 Å². The number of hydrazine groups is 1. The van der Waals surface area contributed by atoms with Crippen molar-refractivity contribution in [3.8, 4) is 11.5 Å². The summed E-state index contributed by atoms with van der Waals surface area (Å²) in [5, 5.41) is 1.58. The predicted octanol–water partition coefficient (Wildman–Crippen LogP) is 0.910. The van der Waals surface area contributed by atoms with Gasteiger partial charge in [-0.2, -0.15) is 0 Å². The summed E-state index contributed by atoms with van der Waals surface area (Å²) >= 11 is 0. The Kier molecular flexibility index (Phi) is 4.13.